The first-order chi connectivity index (χ1) is 16.9. The van der Waals surface area contributed by atoms with Crippen LogP contribution >= 0.6 is 11.3 Å². The Hall–Kier alpha value is -3.63. The molecule has 0 unspecified atom stereocenters. The van der Waals surface area contributed by atoms with Crippen molar-refractivity contribution in [2.75, 3.05) is 13.2 Å². The van der Waals surface area contributed by atoms with E-state index in [0.29, 0.717) is 22.9 Å². The summed E-state index contributed by atoms with van der Waals surface area (Å²) < 4.78 is 36.1. The van der Waals surface area contributed by atoms with Gasteiger partial charge in [0.25, 0.3) is 0 Å². The SMILES string of the molecule is Cc1nc2c(=O)c(-c3cc4cnc([C@H]5CCOC5)cc4s3)nn(-c3ccc(F)cc3F)c2nc1C. The normalized spacial score (nSPS) is 15.9. The molecule has 0 aliphatic carbocycles. The predicted octanol–water partition coefficient (Wildman–Crippen LogP) is 4.85. The van der Waals surface area contributed by atoms with Crippen LogP contribution < -0.4 is 5.43 Å². The molecule has 0 radical (unpaired) electrons. The van der Waals surface area contributed by atoms with E-state index in [4.69, 9.17) is 4.74 Å². The summed E-state index contributed by atoms with van der Waals surface area (Å²) in [6.45, 7) is 4.87. The van der Waals surface area contributed by atoms with Gasteiger partial charge in [0.05, 0.1) is 22.9 Å². The molecule has 1 aliphatic rings. The number of pyridine rings is 1. The van der Waals surface area contributed by atoms with Crippen LogP contribution in [0.3, 0.4) is 0 Å². The third-order valence-corrected chi connectivity index (χ3v) is 7.37. The Morgan fingerprint density at radius 2 is 1.94 bits per heavy atom. The lowest BCUT2D eigenvalue weighted by Crippen LogP contribution is -2.19. The summed E-state index contributed by atoms with van der Waals surface area (Å²) in [5.41, 5.74) is 1.99. The largest absolute Gasteiger partial charge is 0.381 e. The first-order valence-corrected chi connectivity index (χ1v) is 11.9. The third kappa shape index (κ3) is 3.69. The molecule has 7 nitrogen and oxygen atoms in total. The first-order valence-electron chi connectivity index (χ1n) is 11.1. The molecule has 1 fully saturated rings. The van der Waals surface area contributed by atoms with Crippen molar-refractivity contribution >= 4 is 32.6 Å². The minimum Gasteiger partial charge on any atom is -0.381 e. The van der Waals surface area contributed by atoms with E-state index in [1.54, 1.807) is 20.0 Å². The number of aromatic nitrogens is 5. The van der Waals surface area contributed by atoms with Crippen molar-refractivity contribution < 1.29 is 13.5 Å². The number of ether oxygens (including phenoxy) is 1. The quantitative estimate of drug-likeness (QED) is 0.359. The van der Waals surface area contributed by atoms with Crippen LogP contribution in [-0.4, -0.2) is 37.9 Å². The molecule has 0 spiro atoms. The van der Waals surface area contributed by atoms with E-state index in [1.165, 1.54) is 22.1 Å². The summed E-state index contributed by atoms with van der Waals surface area (Å²) in [6.07, 6.45) is 2.71. The molecule has 0 N–H and O–H groups in total. The van der Waals surface area contributed by atoms with E-state index in [-0.39, 0.29) is 28.5 Å². The van der Waals surface area contributed by atoms with Crippen LogP contribution in [-0.2, 0) is 4.74 Å². The van der Waals surface area contributed by atoms with Crippen molar-refractivity contribution in [2.24, 2.45) is 0 Å². The topological polar surface area (TPSA) is 82.8 Å². The molecule has 4 aromatic heterocycles. The molecule has 1 aliphatic heterocycles. The van der Waals surface area contributed by atoms with Gasteiger partial charge in [-0.25, -0.2) is 23.4 Å². The number of fused-ring (bicyclic) bond motifs is 2. The van der Waals surface area contributed by atoms with Crippen LogP contribution in [0, 0.1) is 25.5 Å². The van der Waals surface area contributed by atoms with E-state index in [1.807, 2.05) is 12.1 Å². The minimum absolute atomic E-state index is 0.0264. The molecule has 176 valence electrons. The summed E-state index contributed by atoms with van der Waals surface area (Å²) in [6, 6.07) is 7.05. The number of halogens is 2. The molecule has 1 aromatic carbocycles. The van der Waals surface area contributed by atoms with Gasteiger partial charge in [-0.05, 0) is 44.5 Å². The second-order valence-electron chi connectivity index (χ2n) is 8.57. The number of nitrogens with zero attached hydrogens (tertiary/aromatic N) is 5. The average Bonchev–Trinajstić information content (AvgIpc) is 3.51. The maximum atomic E-state index is 14.8. The second-order valence-corrected chi connectivity index (χ2v) is 9.65. The fourth-order valence-corrected chi connectivity index (χ4v) is 5.30. The fourth-order valence-electron chi connectivity index (χ4n) is 4.23. The summed E-state index contributed by atoms with van der Waals surface area (Å²) in [5, 5.41) is 5.38. The predicted molar refractivity (Wildman–Crippen MR) is 129 cm³/mol. The van der Waals surface area contributed by atoms with Crippen molar-refractivity contribution in [3.8, 4) is 16.3 Å². The summed E-state index contributed by atoms with van der Waals surface area (Å²) in [4.78, 5) is 27.6. The van der Waals surface area contributed by atoms with Gasteiger partial charge < -0.3 is 4.74 Å². The Morgan fingerprint density at radius 3 is 2.71 bits per heavy atom. The molecule has 0 saturated carbocycles. The smallest absolute Gasteiger partial charge is 0.236 e. The first kappa shape index (κ1) is 21.9. The molecule has 10 heteroatoms. The van der Waals surface area contributed by atoms with E-state index in [9.17, 15) is 13.6 Å². The van der Waals surface area contributed by atoms with Crippen molar-refractivity contribution in [3.63, 3.8) is 0 Å². The zero-order valence-corrected chi connectivity index (χ0v) is 19.7. The Bertz CT molecular complexity index is 1690. The lowest BCUT2D eigenvalue weighted by atomic mass is 10.0. The van der Waals surface area contributed by atoms with Crippen LogP contribution in [0.2, 0.25) is 0 Å². The molecule has 6 rings (SSSR count). The molecule has 0 amide bonds. The Balaban J connectivity index is 1.59. The maximum Gasteiger partial charge on any atom is 0.236 e. The Morgan fingerprint density at radius 1 is 1.11 bits per heavy atom. The number of rotatable bonds is 3. The van der Waals surface area contributed by atoms with Crippen LogP contribution in [0.4, 0.5) is 8.78 Å². The van der Waals surface area contributed by atoms with Gasteiger partial charge in [-0.2, -0.15) is 5.10 Å². The summed E-state index contributed by atoms with van der Waals surface area (Å²) in [5.74, 6) is -1.28. The van der Waals surface area contributed by atoms with Crippen LogP contribution in [0.25, 0.3) is 37.5 Å². The second kappa shape index (κ2) is 8.24. The van der Waals surface area contributed by atoms with Gasteiger partial charge in [-0.1, -0.05) is 0 Å². The van der Waals surface area contributed by atoms with E-state index < -0.39 is 17.1 Å². The van der Waals surface area contributed by atoms with Crippen molar-refractivity contribution in [2.45, 2.75) is 26.2 Å². The number of hydrogen-bond donors (Lipinski definition) is 0. The molecular weight excluding hydrogens is 472 g/mol. The Kier molecular flexibility index (Phi) is 5.15. The summed E-state index contributed by atoms with van der Waals surface area (Å²) in [7, 11) is 0. The number of benzene rings is 1. The van der Waals surface area contributed by atoms with E-state index in [0.717, 1.165) is 40.9 Å². The lowest BCUT2D eigenvalue weighted by molar-refractivity contribution is 0.193. The summed E-state index contributed by atoms with van der Waals surface area (Å²) >= 11 is 1.41. The highest BCUT2D eigenvalue weighted by Crippen LogP contribution is 2.34. The van der Waals surface area contributed by atoms with Gasteiger partial charge in [0, 0.05) is 40.6 Å². The van der Waals surface area contributed by atoms with Crippen LogP contribution in [0.15, 0.2) is 41.3 Å². The Labute approximate surface area is 202 Å². The molecule has 1 atom stereocenters. The molecule has 35 heavy (non-hydrogen) atoms. The zero-order chi connectivity index (χ0) is 24.3. The molecular formula is C25H19F2N5O2S. The van der Waals surface area contributed by atoms with Crippen LogP contribution in [0.5, 0.6) is 0 Å². The standard InChI is InChI=1S/C25H19F2N5O2S/c1-12-13(2)30-25-23(29-12)24(33)22(31-32(25)19-4-3-16(26)8-17(19)27)21-7-15-10-28-18(9-20(15)35-21)14-5-6-34-11-14/h3-4,7-10,14H,5-6,11H2,1-2H3/t14-/m0/s1. The molecule has 0 bridgehead atoms. The monoisotopic (exact) mass is 491 g/mol. The lowest BCUT2D eigenvalue weighted by Gasteiger charge is -2.12. The highest BCUT2D eigenvalue weighted by atomic mass is 32.1. The molecule has 1 saturated heterocycles. The minimum atomic E-state index is -0.822. The zero-order valence-electron chi connectivity index (χ0n) is 18.9. The fraction of sp³-hybridized carbons (Fsp3) is 0.240. The van der Waals surface area contributed by atoms with Gasteiger partial charge in [0.15, 0.2) is 22.7 Å². The van der Waals surface area contributed by atoms with E-state index >= 15 is 0 Å². The van der Waals surface area contributed by atoms with Crippen molar-refractivity contribution in [1.82, 2.24) is 24.7 Å². The van der Waals surface area contributed by atoms with Gasteiger partial charge in [-0.3, -0.25) is 9.78 Å². The highest BCUT2D eigenvalue weighted by Gasteiger charge is 2.22. The van der Waals surface area contributed by atoms with Gasteiger partial charge in [-0.15, -0.1) is 11.3 Å². The van der Waals surface area contributed by atoms with E-state index in [2.05, 4.69) is 20.1 Å². The third-order valence-electron chi connectivity index (χ3n) is 6.26. The van der Waals surface area contributed by atoms with Crippen LogP contribution in [0.1, 0.15) is 29.4 Å². The highest BCUT2D eigenvalue weighted by molar-refractivity contribution is 7.22. The van der Waals surface area contributed by atoms with Crippen molar-refractivity contribution in [3.05, 3.63) is 75.5 Å². The van der Waals surface area contributed by atoms with Gasteiger partial charge in [0.1, 0.15) is 11.5 Å². The number of thiophene rings is 1. The number of aryl methyl sites for hydroxylation is 2. The molecule has 5 aromatic rings. The average molecular weight is 492 g/mol. The number of hydrogen-bond acceptors (Lipinski definition) is 7. The van der Waals surface area contributed by atoms with Gasteiger partial charge >= 0.3 is 0 Å². The maximum absolute atomic E-state index is 14.8. The van der Waals surface area contributed by atoms with Crippen molar-refractivity contribution in [1.29, 1.82) is 0 Å². The van der Waals surface area contributed by atoms with Gasteiger partial charge in [0.2, 0.25) is 5.43 Å². The molecule has 5 heterocycles.